The fourth-order valence-electron chi connectivity index (χ4n) is 2.33. The topological polar surface area (TPSA) is 25.8 Å². The second-order valence-corrected chi connectivity index (χ2v) is 5.37. The first kappa shape index (κ1) is 14.2. The van der Waals surface area contributed by atoms with Crippen LogP contribution in [0.1, 0.15) is 11.1 Å². The molecule has 0 fully saturated rings. The van der Waals surface area contributed by atoms with Crippen molar-refractivity contribution in [2.24, 2.45) is 0 Å². The van der Waals surface area contributed by atoms with Gasteiger partial charge in [0.25, 0.3) is 0 Å². The second-order valence-electron chi connectivity index (χ2n) is 5.37. The average molecular weight is 286 g/mol. The Labute approximate surface area is 130 Å². The summed E-state index contributed by atoms with van der Waals surface area (Å²) in [4.78, 5) is 8.66. The molecular formula is C20H18N2. The molecule has 22 heavy (non-hydrogen) atoms. The van der Waals surface area contributed by atoms with Gasteiger partial charge in [-0.15, -0.1) is 0 Å². The summed E-state index contributed by atoms with van der Waals surface area (Å²) in [5.74, 6) is 0. The zero-order chi connectivity index (χ0) is 15.4. The lowest BCUT2D eigenvalue weighted by molar-refractivity contribution is 1.39. The standard InChI is InChI=1S/C12H8N2.C8H10/c1-3-9-5-6-11-10(4-2-7-13-11)12(9)14-8-1;1-7-3-5-8(2)6-4-7/h1-8H;3-6H,1-2H3. The predicted molar refractivity (Wildman–Crippen MR) is 93.0 cm³/mol. The number of aromatic nitrogens is 2. The lowest BCUT2D eigenvalue weighted by Crippen LogP contribution is -1.82. The lowest BCUT2D eigenvalue weighted by Gasteiger charge is -2.00. The molecule has 0 N–H and O–H groups in total. The van der Waals surface area contributed by atoms with Crippen molar-refractivity contribution in [3.8, 4) is 0 Å². The smallest absolute Gasteiger partial charge is 0.0795 e. The van der Waals surface area contributed by atoms with Gasteiger partial charge >= 0.3 is 0 Å². The second kappa shape index (κ2) is 6.35. The lowest BCUT2D eigenvalue weighted by atomic mass is 10.1. The fraction of sp³-hybridized carbons (Fsp3) is 0.100. The first-order valence-corrected chi connectivity index (χ1v) is 7.36. The van der Waals surface area contributed by atoms with E-state index in [4.69, 9.17) is 0 Å². The highest BCUT2D eigenvalue weighted by Gasteiger charge is 1.99. The Bertz CT molecular complexity index is 820. The Morgan fingerprint density at radius 3 is 2.00 bits per heavy atom. The molecule has 2 heterocycles. The zero-order valence-electron chi connectivity index (χ0n) is 12.8. The molecule has 108 valence electrons. The molecule has 0 aliphatic heterocycles. The molecule has 0 aliphatic carbocycles. The van der Waals surface area contributed by atoms with E-state index in [2.05, 4.69) is 66.3 Å². The minimum atomic E-state index is 0.999. The maximum absolute atomic E-state index is 4.37. The zero-order valence-corrected chi connectivity index (χ0v) is 12.8. The molecule has 0 saturated carbocycles. The highest BCUT2D eigenvalue weighted by molar-refractivity contribution is 6.03. The summed E-state index contributed by atoms with van der Waals surface area (Å²) in [6.45, 7) is 4.19. The van der Waals surface area contributed by atoms with Crippen molar-refractivity contribution in [1.29, 1.82) is 0 Å². The molecule has 4 rings (SSSR count). The Hall–Kier alpha value is -2.74. The Morgan fingerprint density at radius 1 is 0.636 bits per heavy atom. The summed E-state index contributed by atoms with van der Waals surface area (Å²) < 4.78 is 0. The van der Waals surface area contributed by atoms with Crippen molar-refractivity contribution in [3.05, 3.63) is 84.2 Å². The van der Waals surface area contributed by atoms with Crippen molar-refractivity contribution in [2.75, 3.05) is 0 Å². The number of aryl methyl sites for hydroxylation is 2. The maximum atomic E-state index is 4.37. The van der Waals surface area contributed by atoms with Gasteiger partial charge in [-0.05, 0) is 38.1 Å². The minimum Gasteiger partial charge on any atom is -0.256 e. The molecule has 0 atom stereocenters. The van der Waals surface area contributed by atoms with Crippen LogP contribution >= 0.6 is 0 Å². The summed E-state index contributed by atoms with van der Waals surface area (Å²) >= 11 is 0. The van der Waals surface area contributed by atoms with Gasteiger partial charge in [-0.25, -0.2) is 0 Å². The van der Waals surface area contributed by atoms with Crippen LogP contribution in [-0.2, 0) is 0 Å². The van der Waals surface area contributed by atoms with E-state index >= 15 is 0 Å². The van der Waals surface area contributed by atoms with Gasteiger partial charge in [-0.3, -0.25) is 9.97 Å². The van der Waals surface area contributed by atoms with Crippen molar-refractivity contribution in [3.63, 3.8) is 0 Å². The molecule has 2 aromatic heterocycles. The van der Waals surface area contributed by atoms with Gasteiger partial charge < -0.3 is 0 Å². The molecule has 0 spiro atoms. The number of nitrogens with zero attached hydrogens (tertiary/aromatic N) is 2. The summed E-state index contributed by atoms with van der Waals surface area (Å²) in [7, 11) is 0. The van der Waals surface area contributed by atoms with Crippen LogP contribution in [-0.4, -0.2) is 9.97 Å². The van der Waals surface area contributed by atoms with Crippen LogP contribution in [0.3, 0.4) is 0 Å². The SMILES string of the molecule is Cc1ccc(C)cc1.c1cnc2c(c1)ccc1ncccc12. The molecule has 0 saturated heterocycles. The molecule has 2 nitrogen and oxygen atoms in total. The van der Waals surface area contributed by atoms with Crippen LogP contribution in [0.25, 0.3) is 21.8 Å². The summed E-state index contributed by atoms with van der Waals surface area (Å²) in [5.41, 5.74) is 4.68. The molecule has 2 heteroatoms. The van der Waals surface area contributed by atoms with Crippen LogP contribution in [0.2, 0.25) is 0 Å². The summed E-state index contributed by atoms with van der Waals surface area (Å²) in [5, 5.41) is 2.28. The van der Waals surface area contributed by atoms with E-state index in [1.54, 1.807) is 6.20 Å². The highest BCUT2D eigenvalue weighted by Crippen LogP contribution is 2.20. The number of benzene rings is 2. The largest absolute Gasteiger partial charge is 0.256 e. The number of fused-ring (bicyclic) bond motifs is 3. The fourth-order valence-corrected chi connectivity index (χ4v) is 2.33. The van der Waals surface area contributed by atoms with Crippen molar-refractivity contribution in [2.45, 2.75) is 13.8 Å². The maximum Gasteiger partial charge on any atom is 0.0795 e. The van der Waals surface area contributed by atoms with E-state index in [0.717, 1.165) is 21.8 Å². The first-order chi connectivity index (χ1) is 10.7. The Morgan fingerprint density at radius 2 is 1.27 bits per heavy atom. The average Bonchev–Trinajstić information content (AvgIpc) is 2.58. The molecule has 0 aliphatic rings. The minimum absolute atomic E-state index is 0.999. The first-order valence-electron chi connectivity index (χ1n) is 7.36. The van der Waals surface area contributed by atoms with Gasteiger partial charge in [0.2, 0.25) is 0 Å². The van der Waals surface area contributed by atoms with Crippen LogP contribution < -0.4 is 0 Å². The monoisotopic (exact) mass is 286 g/mol. The molecule has 0 amide bonds. The Kier molecular flexibility index (Phi) is 4.10. The van der Waals surface area contributed by atoms with E-state index < -0.39 is 0 Å². The van der Waals surface area contributed by atoms with Crippen molar-refractivity contribution >= 4 is 21.8 Å². The predicted octanol–water partition coefficient (Wildman–Crippen LogP) is 5.09. The van der Waals surface area contributed by atoms with Gasteiger partial charge in [0.05, 0.1) is 11.0 Å². The Balaban J connectivity index is 0.000000154. The number of hydrogen-bond acceptors (Lipinski definition) is 2. The number of hydrogen-bond donors (Lipinski definition) is 0. The highest BCUT2D eigenvalue weighted by atomic mass is 14.7. The van der Waals surface area contributed by atoms with E-state index in [1.807, 2.05) is 24.4 Å². The van der Waals surface area contributed by atoms with E-state index in [0.29, 0.717) is 0 Å². The van der Waals surface area contributed by atoms with Gasteiger partial charge in [0.15, 0.2) is 0 Å². The third-order valence-electron chi connectivity index (χ3n) is 3.57. The molecular weight excluding hydrogens is 268 g/mol. The summed E-state index contributed by atoms with van der Waals surface area (Å²) in [6, 6.07) is 20.6. The molecule has 0 unspecified atom stereocenters. The molecule has 4 aromatic rings. The molecule has 0 radical (unpaired) electrons. The molecule has 2 aromatic carbocycles. The third kappa shape index (κ3) is 3.12. The van der Waals surface area contributed by atoms with Crippen molar-refractivity contribution in [1.82, 2.24) is 9.97 Å². The van der Waals surface area contributed by atoms with Crippen LogP contribution in [0.15, 0.2) is 73.1 Å². The van der Waals surface area contributed by atoms with Gasteiger partial charge in [0, 0.05) is 23.2 Å². The van der Waals surface area contributed by atoms with Crippen LogP contribution in [0, 0.1) is 13.8 Å². The number of pyridine rings is 2. The number of rotatable bonds is 0. The van der Waals surface area contributed by atoms with Gasteiger partial charge in [0.1, 0.15) is 0 Å². The molecule has 0 bridgehead atoms. The van der Waals surface area contributed by atoms with E-state index in [-0.39, 0.29) is 0 Å². The quantitative estimate of drug-likeness (QED) is 0.421. The van der Waals surface area contributed by atoms with E-state index in [9.17, 15) is 0 Å². The van der Waals surface area contributed by atoms with Crippen LogP contribution in [0.4, 0.5) is 0 Å². The van der Waals surface area contributed by atoms with Crippen LogP contribution in [0.5, 0.6) is 0 Å². The normalized spacial score (nSPS) is 10.3. The van der Waals surface area contributed by atoms with Crippen molar-refractivity contribution < 1.29 is 0 Å². The van der Waals surface area contributed by atoms with E-state index in [1.165, 1.54) is 11.1 Å². The van der Waals surface area contributed by atoms with Gasteiger partial charge in [-0.2, -0.15) is 0 Å². The third-order valence-corrected chi connectivity index (χ3v) is 3.57. The van der Waals surface area contributed by atoms with Gasteiger partial charge in [-0.1, -0.05) is 47.5 Å². The summed E-state index contributed by atoms with van der Waals surface area (Å²) in [6.07, 6.45) is 3.62.